The molecule has 0 spiro atoms. The maximum atomic E-state index is 12.4. The summed E-state index contributed by atoms with van der Waals surface area (Å²) in [6.07, 6.45) is 3.59. The Hall–Kier alpha value is -2.69. The molecule has 0 aliphatic carbocycles. The Morgan fingerprint density at radius 3 is 2.54 bits per heavy atom. The molecule has 5 heteroatoms. The molecule has 0 bridgehead atoms. The van der Waals surface area contributed by atoms with Crippen LogP contribution in [0.5, 0.6) is 0 Å². The number of hydrogen-bond donors (Lipinski definition) is 1. The third-order valence-electron chi connectivity index (χ3n) is 4.26. The average molecular weight is 323 g/mol. The molecule has 1 aromatic heterocycles. The van der Waals surface area contributed by atoms with Gasteiger partial charge in [-0.1, -0.05) is 17.7 Å². The molecule has 2 aromatic rings. The second-order valence-electron chi connectivity index (χ2n) is 6.20. The summed E-state index contributed by atoms with van der Waals surface area (Å²) >= 11 is 0. The molecule has 0 atom stereocenters. The van der Waals surface area contributed by atoms with Crippen LogP contribution in [0.15, 0.2) is 36.5 Å². The lowest BCUT2D eigenvalue weighted by Crippen LogP contribution is -2.28. The highest BCUT2D eigenvalue weighted by atomic mass is 16.2. The zero-order valence-corrected chi connectivity index (χ0v) is 14.0. The first kappa shape index (κ1) is 16.2. The minimum absolute atomic E-state index is 0.0320. The number of aryl methyl sites for hydroxylation is 2. The third-order valence-corrected chi connectivity index (χ3v) is 4.26. The van der Waals surface area contributed by atoms with Gasteiger partial charge in [0.15, 0.2) is 0 Å². The summed E-state index contributed by atoms with van der Waals surface area (Å²) in [6.45, 7) is 5.52. The third kappa shape index (κ3) is 3.45. The highest BCUT2D eigenvalue weighted by molar-refractivity contribution is 6.05. The van der Waals surface area contributed by atoms with Gasteiger partial charge < -0.3 is 10.2 Å². The Morgan fingerprint density at radius 1 is 1.08 bits per heavy atom. The SMILES string of the molecule is Cc1ccc(NC(=O)c2cc(C(=O)N3CCCC3)ccn2)c(C)c1. The number of nitrogens with zero attached hydrogens (tertiary/aromatic N) is 2. The molecule has 124 valence electrons. The van der Waals surface area contributed by atoms with Crippen molar-refractivity contribution in [3.8, 4) is 0 Å². The normalized spacial score (nSPS) is 13.8. The summed E-state index contributed by atoms with van der Waals surface area (Å²) in [7, 11) is 0. The largest absolute Gasteiger partial charge is 0.339 e. The summed E-state index contributed by atoms with van der Waals surface area (Å²) in [5.74, 6) is -0.339. The lowest BCUT2D eigenvalue weighted by atomic mass is 10.1. The van der Waals surface area contributed by atoms with E-state index < -0.39 is 0 Å². The van der Waals surface area contributed by atoms with Gasteiger partial charge in [0.25, 0.3) is 11.8 Å². The number of carbonyl (C=O) groups excluding carboxylic acids is 2. The van der Waals surface area contributed by atoms with Gasteiger partial charge in [-0.15, -0.1) is 0 Å². The highest BCUT2D eigenvalue weighted by Gasteiger charge is 2.20. The van der Waals surface area contributed by atoms with Gasteiger partial charge in [-0.3, -0.25) is 14.6 Å². The summed E-state index contributed by atoms with van der Waals surface area (Å²) in [5, 5.41) is 2.86. The Labute approximate surface area is 141 Å². The maximum Gasteiger partial charge on any atom is 0.274 e. The Bertz CT molecular complexity index is 780. The average Bonchev–Trinajstić information content (AvgIpc) is 3.11. The van der Waals surface area contributed by atoms with Gasteiger partial charge in [0.1, 0.15) is 5.69 Å². The van der Waals surface area contributed by atoms with Crippen molar-refractivity contribution in [2.45, 2.75) is 26.7 Å². The van der Waals surface area contributed by atoms with Crippen molar-refractivity contribution in [2.75, 3.05) is 18.4 Å². The van der Waals surface area contributed by atoms with Crippen LogP contribution < -0.4 is 5.32 Å². The van der Waals surface area contributed by atoms with E-state index >= 15 is 0 Å². The van der Waals surface area contributed by atoms with Gasteiger partial charge in [-0.05, 0) is 50.5 Å². The van der Waals surface area contributed by atoms with Crippen LogP contribution in [0, 0.1) is 13.8 Å². The standard InChI is InChI=1S/C19H21N3O2/c1-13-5-6-16(14(2)11-13)21-18(23)17-12-15(7-8-20-17)19(24)22-9-3-4-10-22/h5-8,11-12H,3-4,9-10H2,1-2H3,(H,21,23). The van der Waals surface area contributed by atoms with Crippen LogP contribution >= 0.6 is 0 Å². The maximum absolute atomic E-state index is 12.4. The lowest BCUT2D eigenvalue weighted by Gasteiger charge is -2.15. The number of amides is 2. The zero-order chi connectivity index (χ0) is 17.1. The molecule has 3 rings (SSSR count). The first-order chi connectivity index (χ1) is 11.5. The van der Waals surface area contributed by atoms with Crippen LogP contribution in [0.25, 0.3) is 0 Å². The number of aromatic nitrogens is 1. The van der Waals surface area contributed by atoms with E-state index in [-0.39, 0.29) is 17.5 Å². The number of pyridine rings is 1. The van der Waals surface area contributed by atoms with Crippen LogP contribution in [0.2, 0.25) is 0 Å². The van der Waals surface area contributed by atoms with Crippen LogP contribution in [-0.4, -0.2) is 34.8 Å². The summed E-state index contributed by atoms with van der Waals surface area (Å²) in [6, 6.07) is 9.07. The minimum Gasteiger partial charge on any atom is -0.339 e. The van der Waals surface area contributed by atoms with Gasteiger partial charge in [0.2, 0.25) is 0 Å². The van der Waals surface area contributed by atoms with Crippen LogP contribution in [-0.2, 0) is 0 Å². The molecule has 1 aromatic carbocycles. The van der Waals surface area contributed by atoms with Crippen LogP contribution in [0.1, 0.15) is 44.8 Å². The fourth-order valence-corrected chi connectivity index (χ4v) is 2.93. The molecule has 1 N–H and O–H groups in total. The monoisotopic (exact) mass is 323 g/mol. The van der Waals surface area contributed by atoms with E-state index in [9.17, 15) is 9.59 Å². The smallest absolute Gasteiger partial charge is 0.274 e. The molecule has 24 heavy (non-hydrogen) atoms. The second-order valence-corrected chi connectivity index (χ2v) is 6.20. The number of likely N-dealkylation sites (tertiary alicyclic amines) is 1. The van der Waals surface area contributed by atoms with E-state index in [4.69, 9.17) is 0 Å². The molecule has 1 aliphatic rings. The highest BCUT2D eigenvalue weighted by Crippen LogP contribution is 2.18. The van der Waals surface area contributed by atoms with E-state index in [1.54, 1.807) is 12.1 Å². The van der Waals surface area contributed by atoms with Crippen molar-refractivity contribution < 1.29 is 9.59 Å². The lowest BCUT2D eigenvalue weighted by molar-refractivity contribution is 0.0792. The summed E-state index contributed by atoms with van der Waals surface area (Å²) in [5.41, 5.74) is 3.65. The molecular weight excluding hydrogens is 302 g/mol. The molecule has 2 amide bonds. The first-order valence-electron chi connectivity index (χ1n) is 8.18. The van der Waals surface area contributed by atoms with Crippen molar-refractivity contribution in [1.29, 1.82) is 0 Å². The van der Waals surface area contributed by atoms with Gasteiger partial charge in [-0.2, -0.15) is 0 Å². The number of benzene rings is 1. The van der Waals surface area contributed by atoms with Crippen LogP contribution in [0.4, 0.5) is 5.69 Å². The molecule has 1 fully saturated rings. The second kappa shape index (κ2) is 6.83. The molecule has 2 heterocycles. The predicted octanol–water partition coefficient (Wildman–Crippen LogP) is 3.19. The molecule has 0 saturated carbocycles. The van der Waals surface area contributed by atoms with E-state index in [1.165, 1.54) is 6.20 Å². The van der Waals surface area contributed by atoms with Crippen molar-refractivity contribution in [3.05, 3.63) is 58.9 Å². The molecule has 1 saturated heterocycles. The van der Waals surface area contributed by atoms with Gasteiger partial charge >= 0.3 is 0 Å². The van der Waals surface area contributed by atoms with Crippen molar-refractivity contribution in [1.82, 2.24) is 9.88 Å². The Morgan fingerprint density at radius 2 is 1.83 bits per heavy atom. The van der Waals surface area contributed by atoms with E-state index in [0.29, 0.717) is 5.56 Å². The fraction of sp³-hybridized carbons (Fsp3) is 0.316. The quantitative estimate of drug-likeness (QED) is 0.943. The van der Waals surface area contributed by atoms with Crippen molar-refractivity contribution in [3.63, 3.8) is 0 Å². The molecule has 0 unspecified atom stereocenters. The number of anilines is 1. The number of hydrogen-bond acceptors (Lipinski definition) is 3. The molecule has 5 nitrogen and oxygen atoms in total. The summed E-state index contributed by atoms with van der Waals surface area (Å²) in [4.78, 5) is 30.8. The Kier molecular flexibility index (Phi) is 4.60. The Balaban J connectivity index is 1.77. The summed E-state index contributed by atoms with van der Waals surface area (Å²) < 4.78 is 0. The van der Waals surface area contributed by atoms with E-state index in [2.05, 4.69) is 10.3 Å². The van der Waals surface area contributed by atoms with Crippen LogP contribution in [0.3, 0.4) is 0 Å². The molecular formula is C19H21N3O2. The predicted molar refractivity (Wildman–Crippen MR) is 93.2 cm³/mol. The topological polar surface area (TPSA) is 62.3 Å². The van der Waals surface area contributed by atoms with Gasteiger partial charge in [0, 0.05) is 30.5 Å². The van der Waals surface area contributed by atoms with Gasteiger partial charge in [0.05, 0.1) is 0 Å². The minimum atomic E-state index is -0.307. The fourth-order valence-electron chi connectivity index (χ4n) is 2.93. The zero-order valence-electron chi connectivity index (χ0n) is 14.0. The first-order valence-corrected chi connectivity index (χ1v) is 8.18. The van der Waals surface area contributed by atoms with Gasteiger partial charge in [-0.25, -0.2) is 0 Å². The molecule has 1 aliphatic heterocycles. The van der Waals surface area contributed by atoms with Crippen molar-refractivity contribution >= 4 is 17.5 Å². The van der Waals surface area contributed by atoms with Crippen molar-refractivity contribution in [2.24, 2.45) is 0 Å². The van der Waals surface area contributed by atoms with E-state index in [1.807, 2.05) is 36.9 Å². The number of carbonyl (C=O) groups is 2. The molecule has 0 radical (unpaired) electrons. The van der Waals surface area contributed by atoms with E-state index in [0.717, 1.165) is 42.7 Å². The number of nitrogens with one attached hydrogen (secondary N) is 1. The number of rotatable bonds is 3.